The van der Waals surface area contributed by atoms with E-state index in [0.29, 0.717) is 18.7 Å². The van der Waals surface area contributed by atoms with Crippen molar-refractivity contribution in [2.24, 2.45) is 5.92 Å². The zero-order valence-electron chi connectivity index (χ0n) is 22.8. The number of aryl methyl sites for hydroxylation is 1. The van der Waals surface area contributed by atoms with Crippen LogP contribution in [0.4, 0.5) is 5.69 Å². The largest absolute Gasteiger partial charge is 0.354 e. The number of hydrogen-bond donors (Lipinski definition) is 1. The Morgan fingerprint density at radius 1 is 0.949 bits per heavy atom. The molecule has 0 saturated heterocycles. The van der Waals surface area contributed by atoms with Crippen molar-refractivity contribution >= 4 is 43.5 Å². The number of halogens is 1. The molecule has 0 aliphatic rings. The van der Waals surface area contributed by atoms with Gasteiger partial charge in [0.05, 0.1) is 10.6 Å². The van der Waals surface area contributed by atoms with Crippen LogP contribution in [0.3, 0.4) is 0 Å². The molecule has 0 radical (unpaired) electrons. The third-order valence-corrected chi connectivity index (χ3v) is 8.55. The SMILES string of the molecule is CC[C@H](C(=O)NCC(C)C)N(Cc1cccc(C)c1)C(=O)CN(c1ccc(Br)cc1)S(=O)(=O)c1ccccc1. The number of benzene rings is 3. The standard InChI is InChI=1S/C30H36BrN3O4S/c1-5-28(30(36)32-19-22(2)3)33(20-24-11-9-10-23(4)18-24)29(35)21-34(26-16-14-25(31)15-17-26)39(37,38)27-12-7-6-8-13-27/h6-18,22,28H,5,19-21H2,1-4H3,(H,32,36)/t28-/m1/s1. The number of nitrogens with one attached hydrogen (secondary N) is 1. The average molecular weight is 615 g/mol. The van der Waals surface area contributed by atoms with Gasteiger partial charge in [0.1, 0.15) is 12.6 Å². The van der Waals surface area contributed by atoms with E-state index in [1.165, 1.54) is 17.0 Å². The predicted octanol–water partition coefficient (Wildman–Crippen LogP) is 5.53. The maximum absolute atomic E-state index is 14.0. The number of anilines is 1. The second-order valence-corrected chi connectivity index (χ2v) is 12.7. The van der Waals surface area contributed by atoms with E-state index in [4.69, 9.17) is 0 Å². The molecule has 0 bridgehead atoms. The second-order valence-electron chi connectivity index (χ2n) is 9.87. The van der Waals surface area contributed by atoms with E-state index in [1.54, 1.807) is 42.5 Å². The highest BCUT2D eigenvalue weighted by molar-refractivity contribution is 9.10. The van der Waals surface area contributed by atoms with Gasteiger partial charge in [0, 0.05) is 17.6 Å². The van der Waals surface area contributed by atoms with Crippen molar-refractivity contribution in [2.45, 2.75) is 51.6 Å². The molecule has 0 aliphatic heterocycles. The minimum atomic E-state index is -4.08. The topological polar surface area (TPSA) is 86.8 Å². The lowest BCUT2D eigenvalue weighted by Crippen LogP contribution is -2.52. The first kappa shape index (κ1) is 30.4. The van der Waals surface area contributed by atoms with Gasteiger partial charge in [-0.05, 0) is 61.2 Å². The molecule has 9 heteroatoms. The summed E-state index contributed by atoms with van der Waals surface area (Å²) in [4.78, 5) is 28.9. The highest BCUT2D eigenvalue weighted by Gasteiger charge is 2.33. The van der Waals surface area contributed by atoms with Gasteiger partial charge in [-0.15, -0.1) is 0 Å². The first-order valence-corrected chi connectivity index (χ1v) is 15.2. The minimum absolute atomic E-state index is 0.0765. The van der Waals surface area contributed by atoms with Crippen LogP contribution >= 0.6 is 15.9 Å². The van der Waals surface area contributed by atoms with E-state index in [1.807, 2.05) is 52.0 Å². The van der Waals surface area contributed by atoms with E-state index < -0.39 is 28.5 Å². The fourth-order valence-electron chi connectivity index (χ4n) is 4.21. The minimum Gasteiger partial charge on any atom is -0.354 e. The Hall–Kier alpha value is -3.17. The Bertz CT molecular complexity index is 1360. The molecule has 0 fully saturated rings. The van der Waals surface area contributed by atoms with Crippen LogP contribution in [-0.4, -0.2) is 44.3 Å². The van der Waals surface area contributed by atoms with Gasteiger partial charge in [0.25, 0.3) is 10.0 Å². The number of nitrogens with zero attached hydrogens (tertiary/aromatic N) is 2. The lowest BCUT2D eigenvalue weighted by molar-refractivity contribution is -0.140. The summed E-state index contributed by atoms with van der Waals surface area (Å²) in [5.41, 5.74) is 2.24. The molecule has 0 aliphatic carbocycles. The summed E-state index contributed by atoms with van der Waals surface area (Å²) >= 11 is 3.39. The lowest BCUT2D eigenvalue weighted by Gasteiger charge is -2.33. The van der Waals surface area contributed by atoms with Crippen LogP contribution in [0.15, 0.2) is 88.2 Å². The maximum atomic E-state index is 14.0. The van der Waals surface area contributed by atoms with Crippen molar-refractivity contribution in [3.8, 4) is 0 Å². The Kier molecular flexibility index (Phi) is 10.7. The first-order chi connectivity index (χ1) is 18.5. The van der Waals surface area contributed by atoms with Crippen LogP contribution in [0, 0.1) is 12.8 Å². The quantitative estimate of drug-likeness (QED) is 0.291. The number of hydrogen-bond acceptors (Lipinski definition) is 4. The summed E-state index contributed by atoms with van der Waals surface area (Å²) < 4.78 is 29.5. The summed E-state index contributed by atoms with van der Waals surface area (Å²) in [6.45, 7) is 8.01. The molecule has 2 amide bonds. The Balaban J connectivity index is 2.03. The third kappa shape index (κ3) is 8.16. The zero-order chi connectivity index (χ0) is 28.6. The summed E-state index contributed by atoms with van der Waals surface area (Å²) in [6.07, 6.45) is 0.380. The fraction of sp³-hybridized carbons (Fsp3) is 0.333. The van der Waals surface area contributed by atoms with Gasteiger partial charge < -0.3 is 10.2 Å². The number of carbonyl (C=O) groups excluding carboxylic acids is 2. The van der Waals surface area contributed by atoms with Gasteiger partial charge in [-0.25, -0.2) is 8.42 Å². The molecule has 0 heterocycles. The van der Waals surface area contributed by atoms with Gasteiger partial charge in [-0.1, -0.05) is 84.7 Å². The van der Waals surface area contributed by atoms with Crippen molar-refractivity contribution in [1.82, 2.24) is 10.2 Å². The van der Waals surface area contributed by atoms with E-state index in [0.717, 1.165) is 19.9 Å². The molecular formula is C30H36BrN3O4S. The molecule has 1 atom stereocenters. The van der Waals surface area contributed by atoms with Crippen LogP contribution in [0.5, 0.6) is 0 Å². The van der Waals surface area contributed by atoms with Crippen molar-refractivity contribution in [3.63, 3.8) is 0 Å². The molecule has 0 saturated carbocycles. The maximum Gasteiger partial charge on any atom is 0.264 e. The molecule has 7 nitrogen and oxygen atoms in total. The van der Waals surface area contributed by atoms with E-state index in [-0.39, 0.29) is 23.3 Å². The van der Waals surface area contributed by atoms with Crippen molar-refractivity contribution in [2.75, 3.05) is 17.4 Å². The van der Waals surface area contributed by atoms with E-state index in [2.05, 4.69) is 21.2 Å². The van der Waals surface area contributed by atoms with Gasteiger partial charge in [-0.3, -0.25) is 13.9 Å². The summed E-state index contributed by atoms with van der Waals surface area (Å²) in [7, 11) is -4.08. The number of carbonyl (C=O) groups is 2. The molecule has 39 heavy (non-hydrogen) atoms. The van der Waals surface area contributed by atoms with Crippen LogP contribution in [-0.2, 0) is 26.2 Å². The molecule has 3 aromatic carbocycles. The lowest BCUT2D eigenvalue weighted by atomic mass is 10.1. The number of sulfonamides is 1. The molecule has 0 spiro atoms. The molecule has 0 aromatic heterocycles. The molecule has 3 aromatic rings. The van der Waals surface area contributed by atoms with Crippen LogP contribution in [0.2, 0.25) is 0 Å². The molecule has 208 valence electrons. The van der Waals surface area contributed by atoms with Crippen molar-refractivity contribution in [1.29, 1.82) is 0 Å². The van der Waals surface area contributed by atoms with Crippen LogP contribution < -0.4 is 9.62 Å². The summed E-state index contributed by atoms with van der Waals surface area (Å²) in [5.74, 6) is -0.477. The third-order valence-electron chi connectivity index (χ3n) is 6.23. The first-order valence-electron chi connectivity index (χ1n) is 13.0. The van der Waals surface area contributed by atoms with Crippen molar-refractivity contribution in [3.05, 3.63) is 94.5 Å². The molecular weight excluding hydrogens is 578 g/mol. The second kappa shape index (κ2) is 13.8. The molecule has 1 N–H and O–H groups in total. The van der Waals surface area contributed by atoms with Crippen molar-refractivity contribution < 1.29 is 18.0 Å². The predicted molar refractivity (Wildman–Crippen MR) is 159 cm³/mol. The molecule has 3 rings (SSSR count). The Labute approximate surface area is 240 Å². The summed E-state index contributed by atoms with van der Waals surface area (Å²) in [6, 6.07) is 21.8. The monoisotopic (exact) mass is 613 g/mol. The van der Waals surface area contributed by atoms with Gasteiger partial charge in [0.2, 0.25) is 11.8 Å². The Morgan fingerprint density at radius 2 is 1.62 bits per heavy atom. The van der Waals surface area contributed by atoms with Crippen LogP contribution in [0.1, 0.15) is 38.3 Å². The smallest absolute Gasteiger partial charge is 0.264 e. The number of rotatable bonds is 12. The molecule has 0 unspecified atom stereocenters. The van der Waals surface area contributed by atoms with Gasteiger partial charge in [0.15, 0.2) is 0 Å². The highest BCUT2D eigenvalue weighted by Crippen LogP contribution is 2.26. The normalized spacial score (nSPS) is 12.2. The highest BCUT2D eigenvalue weighted by atomic mass is 79.9. The van der Waals surface area contributed by atoms with E-state index in [9.17, 15) is 18.0 Å². The van der Waals surface area contributed by atoms with Crippen LogP contribution in [0.25, 0.3) is 0 Å². The van der Waals surface area contributed by atoms with E-state index >= 15 is 0 Å². The van der Waals surface area contributed by atoms with Gasteiger partial charge >= 0.3 is 0 Å². The fourth-order valence-corrected chi connectivity index (χ4v) is 5.90. The van der Waals surface area contributed by atoms with Gasteiger partial charge in [-0.2, -0.15) is 0 Å². The Morgan fingerprint density at radius 3 is 2.21 bits per heavy atom. The number of amides is 2. The average Bonchev–Trinajstić information content (AvgIpc) is 2.91. The zero-order valence-corrected chi connectivity index (χ0v) is 25.2. The summed E-state index contributed by atoms with van der Waals surface area (Å²) in [5, 5.41) is 2.94.